The normalized spacial score (nSPS) is 10.5. The average molecular weight is 308 g/mol. The van der Waals surface area contributed by atoms with Crippen LogP contribution in [-0.4, -0.2) is 34.7 Å². The van der Waals surface area contributed by atoms with Crippen molar-refractivity contribution in [2.24, 2.45) is 0 Å². The van der Waals surface area contributed by atoms with Gasteiger partial charge in [0.1, 0.15) is 11.4 Å². The maximum atomic E-state index is 12.5. The van der Waals surface area contributed by atoms with Crippen LogP contribution in [0, 0.1) is 0 Å². The molecule has 0 N–H and O–H groups in total. The van der Waals surface area contributed by atoms with E-state index in [0.717, 1.165) is 6.54 Å². The molecule has 112 valence electrons. The molecule has 0 spiro atoms. The lowest BCUT2D eigenvalue weighted by atomic mass is 10.1. The number of hydrogen-bond donors (Lipinski definition) is 0. The number of carbonyl (C=O) groups is 1. The zero-order chi connectivity index (χ0) is 15.4. The van der Waals surface area contributed by atoms with Gasteiger partial charge in [0, 0.05) is 19.8 Å². The Labute approximate surface area is 129 Å². The highest BCUT2D eigenvalue weighted by Crippen LogP contribution is 2.21. The van der Waals surface area contributed by atoms with E-state index in [4.69, 9.17) is 16.3 Å². The molecule has 2 rings (SSSR count). The molecule has 0 radical (unpaired) electrons. The average Bonchev–Trinajstić information content (AvgIpc) is 2.86. The molecule has 1 aromatic heterocycles. The number of ether oxygens (including phenoxy) is 1. The third kappa shape index (κ3) is 3.36. The van der Waals surface area contributed by atoms with Crippen molar-refractivity contribution < 1.29 is 9.53 Å². The van der Waals surface area contributed by atoms with Crippen LogP contribution in [-0.2, 0) is 13.1 Å². The third-order valence-corrected chi connectivity index (χ3v) is 3.50. The Balaban J connectivity index is 2.17. The van der Waals surface area contributed by atoms with Crippen LogP contribution >= 0.6 is 11.6 Å². The zero-order valence-electron chi connectivity index (χ0n) is 12.3. The molecule has 0 aliphatic rings. The van der Waals surface area contributed by atoms with Crippen molar-refractivity contribution in [3.63, 3.8) is 0 Å². The molecule has 0 bridgehead atoms. The van der Waals surface area contributed by atoms with Crippen molar-refractivity contribution in [3.8, 4) is 5.75 Å². The van der Waals surface area contributed by atoms with Gasteiger partial charge in [-0.3, -0.25) is 9.48 Å². The fourth-order valence-electron chi connectivity index (χ4n) is 2.03. The number of aromatic nitrogens is 2. The lowest BCUT2D eigenvalue weighted by Crippen LogP contribution is -2.27. The second-order valence-corrected chi connectivity index (χ2v) is 5.05. The molecule has 0 aliphatic heterocycles. The van der Waals surface area contributed by atoms with Gasteiger partial charge in [-0.25, -0.2) is 0 Å². The van der Waals surface area contributed by atoms with Crippen LogP contribution in [0.4, 0.5) is 0 Å². The molecular formula is C15H18ClN3O2. The van der Waals surface area contributed by atoms with Crippen molar-refractivity contribution in [3.05, 3.63) is 46.7 Å². The number of aryl methyl sites for hydroxylation is 1. The monoisotopic (exact) mass is 307 g/mol. The van der Waals surface area contributed by atoms with Gasteiger partial charge < -0.3 is 9.64 Å². The molecule has 5 nitrogen and oxygen atoms in total. The third-order valence-electron chi connectivity index (χ3n) is 3.18. The molecule has 0 saturated heterocycles. The Kier molecular flexibility index (Phi) is 4.85. The molecule has 1 aromatic carbocycles. The summed E-state index contributed by atoms with van der Waals surface area (Å²) >= 11 is 6.13. The fraction of sp³-hybridized carbons (Fsp3) is 0.333. The summed E-state index contributed by atoms with van der Waals surface area (Å²) in [5, 5.41) is 4.91. The minimum atomic E-state index is -0.130. The predicted octanol–water partition coefficient (Wildman–Crippen LogP) is 2.84. The van der Waals surface area contributed by atoms with Gasteiger partial charge in [-0.2, -0.15) is 5.10 Å². The van der Waals surface area contributed by atoms with E-state index < -0.39 is 0 Å². The molecule has 0 atom stereocenters. The van der Waals surface area contributed by atoms with Gasteiger partial charge in [-0.1, -0.05) is 23.7 Å². The van der Waals surface area contributed by atoms with E-state index in [1.807, 2.05) is 19.1 Å². The Morgan fingerprint density at radius 1 is 1.43 bits per heavy atom. The summed E-state index contributed by atoms with van der Waals surface area (Å²) in [5.41, 5.74) is 1.21. The summed E-state index contributed by atoms with van der Waals surface area (Å²) < 4.78 is 6.97. The summed E-state index contributed by atoms with van der Waals surface area (Å²) in [6, 6.07) is 7.14. The number of benzene rings is 1. The maximum Gasteiger partial charge on any atom is 0.257 e. The number of hydrogen-bond acceptors (Lipinski definition) is 3. The molecule has 1 heterocycles. The number of rotatable bonds is 5. The Bertz CT molecular complexity index is 640. The maximum absolute atomic E-state index is 12.5. The van der Waals surface area contributed by atoms with E-state index in [1.165, 1.54) is 0 Å². The molecule has 0 saturated carbocycles. The zero-order valence-corrected chi connectivity index (χ0v) is 13.1. The van der Waals surface area contributed by atoms with Crippen molar-refractivity contribution in [1.29, 1.82) is 0 Å². The van der Waals surface area contributed by atoms with Gasteiger partial charge in [0.2, 0.25) is 0 Å². The highest BCUT2D eigenvalue weighted by molar-refractivity contribution is 6.31. The first-order valence-electron chi connectivity index (χ1n) is 6.67. The molecular weight excluding hydrogens is 290 g/mol. The van der Waals surface area contributed by atoms with Crippen molar-refractivity contribution in [2.45, 2.75) is 20.0 Å². The molecule has 0 aliphatic carbocycles. The minimum Gasteiger partial charge on any atom is -0.496 e. The number of para-hydroxylation sites is 1. The first kappa shape index (κ1) is 15.4. The van der Waals surface area contributed by atoms with Crippen LogP contribution < -0.4 is 4.74 Å². The van der Waals surface area contributed by atoms with Crippen LogP contribution in [0.1, 0.15) is 23.0 Å². The second-order valence-electron chi connectivity index (χ2n) is 4.64. The highest BCUT2D eigenvalue weighted by Gasteiger charge is 2.18. The first-order chi connectivity index (χ1) is 10.1. The quantitative estimate of drug-likeness (QED) is 0.853. The van der Waals surface area contributed by atoms with Crippen LogP contribution in [0.2, 0.25) is 5.02 Å². The Morgan fingerprint density at radius 2 is 2.14 bits per heavy atom. The number of methoxy groups -OCH3 is 1. The molecule has 2 aromatic rings. The standard InChI is InChI=1S/C15H18ClN3O2/c1-4-19-9-12(16)13(17-19)10-18(2)15(20)11-7-5-6-8-14(11)21-3/h5-9H,4,10H2,1-3H3. The fourth-order valence-corrected chi connectivity index (χ4v) is 2.24. The van der Waals surface area contributed by atoms with Crippen LogP contribution in [0.5, 0.6) is 5.75 Å². The van der Waals surface area contributed by atoms with E-state index >= 15 is 0 Å². The highest BCUT2D eigenvalue weighted by atomic mass is 35.5. The number of amides is 1. The molecule has 6 heteroatoms. The largest absolute Gasteiger partial charge is 0.496 e. The van der Waals surface area contributed by atoms with Crippen molar-refractivity contribution in [1.82, 2.24) is 14.7 Å². The molecule has 21 heavy (non-hydrogen) atoms. The lowest BCUT2D eigenvalue weighted by Gasteiger charge is -2.17. The second kappa shape index (κ2) is 6.63. The Morgan fingerprint density at radius 3 is 2.76 bits per heavy atom. The number of halogens is 1. The van der Waals surface area contributed by atoms with Gasteiger partial charge in [-0.05, 0) is 19.1 Å². The molecule has 1 amide bonds. The SMILES string of the molecule is CCn1cc(Cl)c(CN(C)C(=O)c2ccccc2OC)n1. The van der Waals surface area contributed by atoms with Gasteiger partial charge >= 0.3 is 0 Å². The van der Waals surface area contributed by atoms with Gasteiger partial charge in [0.05, 0.1) is 24.2 Å². The van der Waals surface area contributed by atoms with Gasteiger partial charge in [0.15, 0.2) is 0 Å². The van der Waals surface area contributed by atoms with Crippen LogP contribution in [0.3, 0.4) is 0 Å². The van der Waals surface area contributed by atoms with E-state index in [9.17, 15) is 4.79 Å². The first-order valence-corrected chi connectivity index (χ1v) is 7.05. The minimum absolute atomic E-state index is 0.130. The van der Waals surface area contributed by atoms with Gasteiger partial charge in [-0.15, -0.1) is 0 Å². The number of carbonyl (C=O) groups excluding carboxylic acids is 1. The van der Waals surface area contributed by atoms with Crippen LogP contribution in [0.25, 0.3) is 0 Å². The van der Waals surface area contributed by atoms with Crippen LogP contribution in [0.15, 0.2) is 30.5 Å². The molecule has 0 fully saturated rings. The molecule has 0 unspecified atom stereocenters. The number of nitrogens with zero attached hydrogens (tertiary/aromatic N) is 3. The predicted molar refractivity (Wildman–Crippen MR) is 81.7 cm³/mol. The Hall–Kier alpha value is -2.01. The van der Waals surface area contributed by atoms with E-state index in [1.54, 1.807) is 42.1 Å². The summed E-state index contributed by atoms with van der Waals surface area (Å²) in [6.07, 6.45) is 1.76. The topological polar surface area (TPSA) is 47.4 Å². The summed E-state index contributed by atoms with van der Waals surface area (Å²) in [6.45, 7) is 3.07. The summed E-state index contributed by atoms with van der Waals surface area (Å²) in [5.74, 6) is 0.425. The summed E-state index contributed by atoms with van der Waals surface area (Å²) in [7, 11) is 3.27. The van der Waals surface area contributed by atoms with E-state index in [0.29, 0.717) is 28.6 Å². The van der Waals surface area contributed by atoms with Gasteiger partial charge in [0.25, 0.3) is 5.91 Å². The summed E-state index contributed by atoms with van der Waals surface area (Å²) in [4.78, 5) is 14.1. The van der Waals surface area contributed by atoms with E-state index in [2.05, 4.69) is 5.10 Å². The van der Waals surface area contributed by atoms with Crippen molar-refractivity contribution in [2.75, 3.05) is 14.2 Å². The lowest BCUT2D eigenvalue weighted by molar-refractivity contribution is 0.0780. The van der Waals surface area contributed by atoms with E-state index in [-0.39, 0.29) is 5.91 Å². The smallest absolute Gasteiger partial charge is 0.257 e. The van der Waals surface area contributed by atoms with Crippen molar-refractivity contribution >= 4 is 17.5 Å².